The molecule has 0 spiro atoms. The molecule has 5 rings (SSSR count). The summed E-state index contributed by atoms with van der Waals surface area (Å²) >= 11 is 0. The summed E-state index contributed by atoms with van der Waals surface area (Å²) in [6.07, 6.45) is 0.710. The summed E-state index contributed by atoms with van der Waals surface area (Å²) in [4.78, 5) is 8.86. The molecule has 0 unspecified atom stereocenters. The van der Waals surface area contributed by atoms with Gasteiger partial charge in [-0.25, -0.2) is 14.4 Å². The molecule has 0 bridgehead atoms. The first-order valence-electron chi connectivity index (χ1n) is 8.88. The maximum atomic E-state index is 13.8. The summed E-state index contributed by atoms with van der Waals surface area (Å²) in [5.74, 6) is 0.416. The van der Waals surface area contributed by atoms with Crippen LogP contribution in [-0.4, -0.2) is 45.6 Å². The Balaban J connectivity index is 1.51. The van der Waals surface area contributed by atoms with Crippen LogP contribution in [0.2, 0.25) is 0 Å². The molecule has 7 heteroatoms. The topological polar surface area (TPSA) is 75.7 Å². The molecular weight excluding hydrogens is 345 g/mol. The molecule has 1 fully saturated rings. The lowest BCUT2D eigenvalue weighted by atomic mass is 10.0. The highest BCUT2D eigenvalue weighted by atomic mass is 19.1. The van der Waals surface area contributed by atoms with Crippen molar-refractivity contribution in [2.24, 2.45) is 0 Å². The number of hydrogen-bond donors (Lipinski definition) is 2. The van der Waals surface area contributed by atoms with E-state index in [9.17, 15) is 4.39 Å². The molecule has 2 atom stereocenters. The minimum Gasteiger partial charge on any atom is -0.376 e. The molecule has 2 aromatic carbocycles. The molecule has 4 aromatic rings. The second kappa shape index (κ2) is 6.28. The second-order valence-electron chi connectivity index (χ2n) is 6.85. The minimum absolute atomic E-state index is 0.116. The summed E-state index contributed by atoms with van der Waals surface area (Å²) < 4.78 is 18.9. The maximum Gasteiger partial charge on any atom is 0.223 e. The van der Waals surface area contributed by atoms with E-state index in [-0.39, 0.29) is 6.61 Å². The zero-order valence-corrected chi connectivity index (χ0v) is 14.7. The van der Waals surface area contributed by atoms with E-state index in [0.717, 1.165) is 38.6 Å². The lowest BCUT2D eigenvalue weighted by molar-refractivity contribution is 0.173. The number of alkyl halides is 1. The summed E-state index contributed by atoms with van der Waals surface area (Å²) in [5.41, 5.74) is 4.95. The number of ether oxygens (including phenoxy) is 1. The number of halogens is 1. The highest BCUT2D eigenvalue weighted by Gasteiger charge is 2.28. The predicted molar refractivity (Wildman–Crippen MR) is 102 cm³/mol. The molecule has 0 saturated carbocycles. The number of nitrogens with zero attached hydrogens (tertiary/aromatic N) is 3. The Hall–Kier alpha value is -3.06. The van der Waals surface area contributed by atoms with E-state index in [1.54, 1.807) is 6.20 Å². The van der Waals surface area contributed by atoms with Crippen LogP contribution in [-0.2, 0) is 4.74 Å². The smallest absolute Gasteiger partial charge is 0.223 e. The SMILES string of the molecule is Cc1[nH]nc2ccc(-c3ccc4cnc(N[C@@H]5COC[C@H]5F)nc4c3)cc12. The normalized spacial score (nSPS) is 19.8. The van der Waals surface area contributed by atoms with Crippen LogP contribution < -0.4 is 5.32 Å². The van der Waals surface area contributed by atoms with Gasteiger partial charge in [-0.05, 0) is 36.2 Å². The van der Waals surface area contributed by atoms with Crippen LogP contribution in [0.3, 0.4) is 0 Å². The number of anilines is 1. The number of aromatic amines is 1. The number of hydrogen-bond acceptors (Lipinski definition) is 5. The van der Waals surface area contributed by atoms with Gasteiger partial charge in [0.05, 0.1) is 30.3 Å². The maximum absolute atomic E-state index is 13.8. The molecule has 0 amide bonds. The van der Waals surface area contributed by atoms with E-state index in [1.165, 1.54) is 0 Å². The second-order valence-corrected chi connectivity index (χ2v) is 6.85. The first-order chi connectivity index (χ1) is 13.2. The van der Waals surface area contributed by atoms with Crippen LogP contribution in [0, 0.1) is 6.92 Å². The Morgan fingerprint density at radius 2 is 1.96 bits per heavy atom. The number of benzene rings is 2. The summed E-state index contributed by atoms with van der Waals surface area (Å²) in [6, 6.07) is 11.9. The lowest BCUT2D eigenvalue weighted by Crippen LogP contribution is -2.29. The van der Waals surface area contributed by atoms with Gasteiger partial charge in [-0.3, -0.25) is 5.10 Å². The van der Waals surface area contributed by atoms with E-state index in [2.05, 4.69) is 37.6 Å². The molecule has 0 radical (unpaired) electrons. The third-order valence-corrected chi connectivity index (χ3v) is 4.99. The number of H-pyrrole nitrogens is 1. The molecule has 2 aromatic heterocycles. The highest BCUT2D eigenvalue weighted by molar-refractivity contribution is 5.89. The van der Waals surface area contributed by atoms with Gasteiger partial charge in [0, 0.05) is 22.7 Å². The molecule has 0 aliphatic carbocycles. The summed E-state index contributed by atoms with van der Waals surface area (Å²) in [5, 5.41) is 12.4. The zero-order valence-electron chi connectivity index (χ0n) is 14.7. The number of aryl methyl sites for hydroxylation is 1. The third kappa shape index (κ3) is 2.90. The first kappa shape index (κ1) is 16.1. The Morgan fingerprint density at radius 3 is 2.81 bits per heavy atom. The van der Waals surface area contributed by atoms with E-state index in [4.69, 9.17) is 4.74 Å². The van der Waals surface area contributed by atoms with Crippen LogP contribution in [0.5, 0.6) is 0 Å². The van der Waals surface area contributed by atoms with Gasteiger partial charge in [0.2, 0.25) is 5.95 Å². The van der Waals surface area contributed by atoms with Crippen molar-refractivity contribution in [3.8, 4) is 11.1 Å². The predicted octanol–water partition coefficient (Wildman–Crippen LogP) is 3.63. The van der Waals surface area contributed by atoms with Crippen LogP contribution in [0.25, 0.3) is 32.9 Å². The molecule has 2 N–H and O–H groups in total. The Kier molecular flexibility index (Phi) is 3.75. The van der Waals surface area contributed by atoms with E-state index in [1.807, 2.05) is 31.2 Å². The van der Waals surface area contributed by atoms with Gasteiger partial charge in [-0.15, -0.1) is 0 Å². The summed E-state index contributed by atoms with van der Waals surface area (Å²) in [7, 11) is 0. The van der Waals surface area contributed by atoms with E-state index in [0.29, 0.717) is 12.6 Å². The fourth-order valence-corrected chi connectivity index (χ4v) is 3.42. The van der Waals surface area contributed by atoms with Crippen molar-refractivity contribution in [2.45, 2.75) is 19.1 Å². The number of fused-ring (bicyclic) bond motifs is 2. The highest BCUT2D eigenvalue weighted by Crippen LogP contribution is 2.27. The van der Waals surface area contributed by atoms with E-state index >= 15 is 0 Å². The van der Waals surface area contributed by atoms with Crippen molar-refractivity contribution in [2.75, 3.05) is 18.5 Å². The number of rotatable bonds is 3. The Bertz CT molecular complexity index is 1140. The average molecular weight is 363 g/mol. The van der Waals surface area contributed by atoms with Crippen LogP contribution >= 0.6 is 0 Å². The largest absolute Gasteiger partial charge is 0.376 e. The van der Waals surface area contributed by atoms with Gasteiger partial charge in [0.1, 0.15) is 6.17 Å². The fourth-order valence-electron chi connectivity index (χ4n) is 3.42. The van der Waals surface area contributed by atoms with Gasteiger partial charge in [-0.1, -0.05) is 18.2 Å². The average Bonchev–Trinajstić information content (AvgIpc) is 3.26. The van der Waals surface area contributed by atoms with Crippen molar-refractivity contribution < 1.29 is 9.13 Å². The standard InChI is InChI=1S/C20H18FN5O/c1-11-15-6-12(4-5-17(15)26-25-11)13-2-3-14-8-22-20(23-18(14)7-13)24-19-10-27-9-16(19)21/h2-8,16,19H,9-10H2,1H3,(H,25,26)(H,22,23,24)/t16-,19-/m1/s1. The quantitative estimate of drug-likeness (QED) is 0.581. The third-order valence-electron chi connectivity index (χ3n) is 4.99. The molecule has 27 heavy (non-hydrogen) atoms. The molecule has 1 saturated heterocycles. The lowest BCUT2D eigenvalue weighted by Gasteiger charge is -2.13. The van der Waals surface area contributed by atoms with Crippen molar-refractivity contribution in [3.63, 3.8) is 0 Å². The van der Waals surface area contributed by atoms with Gasteiger partial charge in [0.25, 0.3) is 0 Å². The zero-order chi connectivity index (χ0) is 18.4. The van der Waals surface area contributed by atoms with Gasteiger partial charge in [-0.2, -0.15) is 5.10 Å². The minimum atomic E-state index is -1.04. The number of aromatic nitrogens is 4. The van der Waals surface area contributed by atoms with Crippen LogP contribution in [0.1, 0.15) is 5.69 Å². The van der Waals surface area contributed by atoms with Gasteiger partial charge >= 0.3 is 0 Å². The van der Waals surface area contributed by atoms with Crippen molar-refractivity contribution in [3.05, 3.63) is 48.3 Å². The first-order valence-corrected chi connectivity index (χ1v) is 8.88. The van der Waals surface area contributed by atoms with Gasteiger partial charge in [0.15, 0.2) is 0 Å². The van der Waals surface area contributed by atoms with Crippen molar-refractivity contribution >= 4 is 27.8 Å². The monoisotopic (exact) mass is 363 g/mol. The summed E-state index contributed by atoms with van der Waals surface area (Å²) in [6.45, 7) is 2.45. The molecule has 136 valence electrons. The van der Waals surface area contributed by atoms with E-state index < -0.39 is 12.2 Å². The molecular formula is C20H18FN5O. The van der Waals surface area contributed by atoms with Crippen molar-refractivity contribution in [1.29, 1.82) is 0 Å². The Morgan fingerprint density at radius 1 is 1.11 bits per heavy atom. The Labute approximate surface area is 154 Å². The van der Waals surface area contributed by atoms with Crippen molar-refractivity contribution in [1.82, 2.24) is 20.2 Å². The van der Waals surface area contributed by atoms with Crippen LogP contribution in [0.15, 0.2) is 42.6 Å². The molecule has 6 nitrogen and oxygen atoms in total. The van der Waals surface area contributed by atoms with Crippen LogP contribution in [0.4, 0.5) is 10.3 Å². The van der Waals surface area contributed by atoms with Gasteiger partial charge < -0.3 is 10.1 Å². The fraction of sp³-hybridized carbons (Fsp3) is 0.250. The molecule has 1 aliphatic heterocycles. The molecule has 3 heterocycles. The number of nitrogens with one attached hydrogen (secondary N) is 2. The molecule has 1 aliphatic rings.